The number of rotatable bonds is 3. The fraction of sp³-hybridized carbons (Fsp3) is 0.471. The molecule has 0 aliphatic carbocycles. The minimum Gasteiger partial charge on any atom is -0.345 e. The topological polar surface area (TPSA) is 87.7 Å². The quantitative estimate of drug-likeness (QED) is 0.757. The Kier molecular flexibility index (Phi) is 4.40. The van der Waals surface area contributed by atoms with Crippen LogP contribution in [0.15, 0.2) is 18.6 Å². The molecule has 7 nitrogen and oxygen atoms in total. The summed E-state index contributed by atoms with van der Waals surface area (Å²) >= 11 is 0. The fourth-order valence-electron chi connectivity index (χ4n) is 3.61. The van der Waals surface area contributed by atoms with E-state index in [0.29, 0.717) is 30.8 Å². The lowest BCUT2D eigenvalue weighted by molar-refractivity contribution is -0.149. The third-order valence-corrected chi connectivity index (χ3v) is 4.88. The Bertz CT molecular complexity index is 986. The van der Waals surface area contributed by atoms with Crippen molar-refractivity contribution in [3.05, 3.63) is 24.3 Å². The van der Waals surface area contributed by atoms with Crippen molar-refractivity contribution >= 4 is 28.0 Å². The Labute approximate surface area is 152 Å². The molecular formula is C17H17F3N6O. The molecule has 27 heavy (non-hydrogen) atoms. The van der Waals surface area contributed by atoms with Gasteiger partial charge in [-0.3, -0.25) is 4.79 Å². The number of nitrogens with one attached hydrogen (secondary N) is 1. The van der Waals surface area contributed by atoms with Crippen LogP contribution in [0.5, 0.6) is 0 Å². The first-order valence-electron chi connectivity index (χ1n) is 8.71. The second-order valence-corrected chi connectivity index (χ2v) is 6.69. The maximum atomic E-state index is 12.4. The highest BCUT2D eigenvalue weighted by Crippen LogP contribution is 2.33. The summed E-state index contributed by atoms with van der Waals surface area (Å²) in [5.41, 5.74) is 1.84. The lowest BCUT2D eigenvalue weighted by Gasteiger charge is -2.33. The van der Waals surface area contributed by atoms with E-state index >= 15 is 0 Å². The van der Waals surface area contributed by atoms with E-state index in [0.717, 1.165) is 22.9 Å². The van der Waals surface area contributed by atoms with Crippen molar-refractivity contribution in [1.82, 2.24) is 30.0 Å². The van der Waals surface area contributed by atoms with Gasteiger partial charge in [-0.05, 0) is 18.9 Å². The smallest absolute Gasteiger partial charge is 0.345 e. The molecule has 1 saturated heterocycles. The summed E-state index contributed by atoms with van der Waals surface area (Å²) in [5, 5.41) is 9.81. The van der Waals surface area contributed by atoms with Crippen LogP contribution in [-0.4, -0.2) is 55.2 Å². The minimum absolute atomic E-state index is 0.0820. The summed E-state index contributed by atoms with van der Waals surface area (Å²) in [6, 6.07) is 1.87. The van der Waals surface area contributed by atoms with Crippen molar-refractivity contribution in [2.75, 3.05) is 13.1 Å². The molecule has 1 amide bonds. The molecule has 10 heteroatoms. The lowest BCUT2D eigenvalue weighted by atomic mass is 9.92. The lowest BCUT2D eigenvalue weighted by Crippen LogP contribution is -2.39. The number of carbonyl (C=O) groups excluding carboxylic acids is 1. The van der Waals surface area contributed by atoms with E-state index in [1.165, 1.54) is 11.2 Å². The molecule has 1 aliphatic rings. The van der Waals surface area contributed by atoms with E-state index in [9.17, 15) is 18.0 Å². The van der Waals surface area contributed by atoms with E-state index in [2.05, 4.69) is 25.1 Å². The van der Waals surface area contributed by atoms with E-state index in [-0.39, 0.29) is 5.92 Å². The standard InChI is InChI=1S/C17H17F3N6O/c18-17(19,20)5-3-12(27)26-7-1-2-10(8-26)14-13-11-4-6-21-15(11)24-25-16(13)23-9-22-14/h4,6,9-10H,1-3,5,7-8H2,(H,21,24). The Morgan fingerprint density at radius 1 is 1.30 bits per heavy atom. The highest BCUT2D eigenvalue weighted by molar-refractivity contribution is 6.02. The first-order valence-corrected chi connectivity index (χ1v) is 8.71. The van der Waals surface area contributed by atoms with Gasteiger partial charge in [-0.1, -0.05) is 0 Å². The number of carbonyl (C=O) groups is 1. The summed E-state index contributed by atoms with van der Waals surface area (Å²) in [4.78, 5) is 25.3. The summed E-state index contributed by atoms with van der Waals surface area (Å²) in [7, 11) is 0. The maximum Gasteiger partial charge on any atom is 0.389 e. The number of hydrogen-bond donors (Lipinski definition) is 1. The van der Waals surface area contributed by atoms with Crippen molar-refractivity contribution in [1.29, 1.82) is 0 Å². The van der Waals surface area contributed by atoms with E-state index in [1.54, 1.807) is 6.20 Å². The third kappa shape index (κ3) is 3.56. The number of halogens is 3. The van der Waals surface area contributed by atoms with Crippen LogP contribution in [0.25, 0.3) is 22.1 Å². The molecule has 3 aromatic heterocycles. The molecule has 1 atom stereocenters. The summed E-state index contributed by atoms with van der Waals surface area (Å²) in [5.74, 6) is -0.552. The molecule has 0 spiro atoms. The summed E-state index contributed by atoms with van der Waals surface area (Å²) in [6.45, 7) is 0.812. The largest absolute Gasteiger partial charge is 0.389 e. The molecule has 1 N–H and O–H groups in total. The number of nitrogens with zero attached hydrogens (tertiary/aromatic N) is 5. The highest BCUT2D eigenvalue weighted by Gasteiger charge is 2.32. The zero-order valence-corrected chi connectivity index (χ0v) is 14.3. The number of likely N-dealkylation sites (tertiary alicyclic amines) is 1. The summed E-state index contributed by atoms with van der Waals surface area (Å²) < 4.78 is 37.2. The van der Waals surface area contributed by atoms with Crippen molar-refractivity contribution in [2.45, 2.75) is 37.8 Å². The number of aromatic amines is 1. The van der Waals surface area contributed by atoms with E-state index in [1.807, 2.05) is 6.07 Å². The van der Waals surface area contributed by atoms with Gasteiger partial charge in [0.05, 0.1) is 17.5 Å². The van der Waals surface area contributed by atoms with Crippen molar-refractivity contribution in [3.8, 4) is 0 Å². The summed E-state index contributed by atoms with van der Waals surface area (Å²) in [6.07, 6.45) is -1.27. The number of amides is 1. The average Bonchev–Trinajstić information content (AvgIpc) is 3.14. The van der Waals surface area contributed by atoms with Gasteiger partial charge in [0.15, 0.2) is 11.3 Å². The molecule has 142 valence electrons. The van der Waals surface area contributed by atoms with Gasteiger partial charge in [-0.2, -0.15) is 13.2 Å². The van der Waals surface area contributed by atoms with Gasteiger partial charge >= 0.3 is 6.18 Å². The van der Waals surface area contributed by atoms with Crippen LogP contribution in [0.1, 0.15) is 37.3 Å². The Morgan fingerprint density at radius 3 is 2.96 bits per heavy atom. The Hall–Kier alpha value is -2.78. The number of fused-ring (bicyclic) bond motifs is 3. The van der Waals surface area contributed by atoms with Gasteiger partial charge in [0.2, 0.25) is 5.91 Å². The van der Waals surface area contributed by atoms with Crippen LogP contribution in [0.2, 0.25) is 0 Å². The predicted octanol–water partition coefficient (Wildman–Crippen LogP) is 2.95. The van der Waals surface area contributed by atoms with Crippen LogP contribution < -0.4 is 0 Å². The van der Waals surface area contributed by atoms with Crippen LogP contribution in [0, 0.1) is 0 Å². The molecule has 0 saturated carbocycles. The zero-order valence-electron chi connectivity index (χ0n) is 14.3. The van der Waals surface area contributed by atoms with Crippen LogP contribution >= 0.6 is 0 Å². The molecule has 0 bridgehead atoms. The minimum atomic E-state index is -4.33. The first-order chi connectivity index (χ1) is 12.9. The normalized spacial score (nSPS) is 18.3. The molecule has 0 aromatic carbocycles. The van der Waals surface area contributed by atoms with Gasteiger partial charge in [0.25, 0.3) is 0 Å². The molecule has 4 rings (SSSR count). The molecule has 1 aliphatic heterocycles. The van der Waals surface area contributed by atoms with Gasteiger partial charge in [0.1, 0.15) is 6.33 Å². The number of hydrogen-bond acceptors (Lipinski definition) is 5. The molecule has 1 fully saturated rings. The van der Waals surface area contributed by atoms with Gasteiger partial charge in [-0.25, -0.2) is 9.97 Å². The SMILES string of the molecule is O=C(CCC(F)(F)F)N1CCCC(c2ncnc3nnc4[nH]ccc4c23)C1. The average molecular weight is 378 g/mol. The number of aromatic nitrogens is 5. The van der Waals surface area contributed by atoms with Crippen molar-refractivity contribution in [2.24, 2.45) is 0 Å². The predicted molar refractivity (Wildman–Crippen MR) is 90.8 cm³/mol. The Balaban J connectivity index is 1.62. The van der Waals surface area contributed by atoms with Crippen molar-refractivity contribution < 1.29 is 18.0 Å². The van der Waals surface area contributed by atoms with Crippen LogP contribution in [-0.2, 0) is 4.79 Å². The first kappa shape index (κ1) is 17.6. The zero-order chi connectivity index (χ0) is 19.0. The second-order valence-electron chi connectivity index (χ2n) is 6.69. The number of H-pyrrole nitrogens is 1. The monoisotopic (exact) mass is 378 g/mol. The fourth-order valence-corrected chi connectivity index (χ4v) is 3.61. The number of piperidine rings is 1. The molecule has 0 radical (unpaired) electrons. The molecular weight excluding hydrogens is 361 g/mol. The second kappa shape index (κ2) is 6.75. The van der Waals surface area contributed by atoms with Crippen LogP contribution in [0.3, 0.4) is 0 Å². The molecule has 4 heterocycles. The van der Waals surface area contributed by atoms with E-state index in [4.69, 9.17) is 0 Å². The van der Waals surface area contributed by atoms with Gasteiger partial charge < -0.3 is 9.88 Å². The Morgan fingerprint density at radius 2 is 2.15 bits per heavy atom. The van der Waals surface area contributed by atoms with Crippen molar-refractivity contribution in [3.63, 3.8) is 0 Å². The van der Waals surface area contributed by atoms with Gasteiger partial charge in [-0.15, -0.1) is 10.2 Å². The van der Waals surface area contributed by atoms with Crippen LogP contribution in [0.4, 0.5) is 13.2 Å². The molecule has 1 unspecified atom stereocenters. The third-order valence-electron chi connectivity index (χ3n) is 4.88. The van der Waals surface area contributed by atoms with E-state index < -0.39 is 24.9 Å². The molecule has 3 aromatic rings. The van der Waals surface area contributed by atoms with Gasteiger partial charge in [0, 0.05) is 37.0 Å². The highest BCUT2D eigenvalue weighted by atomic mass is 19.4. The number of alkyl halides is 3. The maximum absolute atomic E-state index is 12.4.